The Morgan fingerprint density at radius 2 is 0.710 bits per heavy atom. The highest BCUT2D eigenvalue weighted by molar-refractivity contribution is 7.97. The zero-order valence-corrected chi connectivity index (χ0v) is 42.6. The molecule has 6 aromatic rings. The van der Waals surface area contributed by atoms with Gasteiger partial charge in [0.1, 0.15) is 23.1 Å². The summed E-state index contributed by atoms with van der Waals surface area (Å²) in [5.41, 5.74) is -2.44. The molecule has 69 heavy (non-hydrogen) atoms. The van der Waals surface area contributed by atoms with Crippen molar-refractivity contribution in [3.8, 4) is 11.5 Å². The number of carbonyl (C=O) groups excluding carboxylic acids is 2. The summed E-state index contributed by atoms with van der Waals surface area (Å²) in [5, 5.41) is 0. The van der Waals surface area contributed by atoms with Crippen LogP contribution in [-0.4, -0.2) is 49.0 Å². The standard InChI is InChI=1S/C36H28OS2.2C10H16O4S/c1-5-13-31(14-6-1)38(32-15-7-2-8-16-32)35-25-21-29(22-26-35)37-30-23-27-36(28-24-30)39(33-17-9-3-10-18-33)34-19-11-4-12-20-34;2*1-9(2)7-3-4-10(9,8(11)5-7)6-15(12,13)14/h1-28H;2*7H,3-6H2,1-2H3,(H,12,13,14)/q+2;;/p-2. The maximum Gasteiger partial charge on any atom is 0.166 e. The summed E-state index contributed by atoms with van der Waals surface area (Å²) in [6.45, 7) is 7.67. The van der Waals surface area contributed by atoms with E-state index in [1.54, 1.807) is 0 Å². The maximum atomic E-state index is 11.8. The molecule has 4 fully saturated rings. The topological polar surface area (TPSA) is 158 Å². The molecule has 4 aliphatic carbocycles. The van der Waals surface area contributed by atoms with Gasteiger partial charge in [-0.05, 0) is 145 Å². The molecule has 0 heterocycles. The number of Topliss-reactive ketones (excluding diaryl/α,β-unsaturated/α-hetero) is 2. The zero-order chi connectivity index (χ0) is 49.2. The third kappa shape index (κ3) is 10.6. The molecule has 0 saturated heterocycles. The fourth-order valence-electron chi connectivity index (χ4n) is 11.3. The molecule has 4 bridgehead atoms. The average Bonchev–Trinajstić information content (AvgIpc) is 3.85. The van der Waals surface area contributed by atoms with E-state index in [1.165, 1.54) is 29.4 Å². The monoisotopic (exact) mass is 1000 g/mol. The first-order valence-electron chi connectivity index (χ1n) is 23.2. The fraction of sp³-hybridized carbons (Fsp3) is 0.321. The number of hydrogen-bond acceptors (Lipinski definition) is 9. The zero-order valence-electron chi connectivity index (χ0n) is 39.3. The first-order chi connectivity index (χ1) is 32.7. The van der Waals surface area contributed by atoms with Crippen molar-refractivity contribution in [2.75, 3.05) is 11.5 Å². The van der Waals surface area contributed by atoms with Crippen molar-refractivity contribution < 1.29 is 40.3 Å². The SMILES string of the molecule is CC1(C)C2CCC1(CS(=O)(=O)[O-])C(=O)C2.CC1(C)C2CCC1(CS(=O)(=O)[O-])C(=O)C2.c1ccc([S+](c2ccccc2)c2ccc(Oc3ccc([S+](c4ccccc4)c4ccccc4)cc3)cc2)cc1. The van der Waals surface area contributed by atoms with Crippen molar-refractivity contribution in [3.05, 3.63) is 170 Å². The fourth-order valence-corrected chi connectivity index (χ4v) is 18.0. The Labute approximate surface area is 413 Å². The first kappa shape index (κ1) is 50.4. The number of ether oxygens (including phenoxy) is 1. The summed E-state index contributed by atoms with van der Waals surface area (Å²) in [6.07, 6.45) is 3.75. The number of carbonyl (C=O) groups is 2. The molecular formula is C56H58O9S4. The van der Waals surface area contributed by atoms with Crippen molar-refractivity contribution in [1.29, 1.82) is 0 Å². The smallest absolute Gasteiger partial charge is 0.166 e. The van der Waals surface area contributed by atoms with E-state index in [1.807, 2.05) is 27.7 Å². The molecule has 0 spiro atoms. The van der Waals surface area contributed by atoms with Crippen LogP contribution < -0.4 is 4.74 Å². The second kappa shape index (κ2) is 20.0. The quantitative estimate of drug-likeness (QED) is 0.0859. The van der Waals surface area contributed by atoms with Gasteiger partial charge in [0, 0.05) is 23.7 Å². The Bertz CT molecular complexity index is 2680. The molecule has 9 nitrogen and oxygen atoms in total. The van der Waals surface area contributed by atoms with Crippen molar-refractivity contribution in [2.45, 2.75) is 95.6 Å². The van der Waals surface area contributed by atoms with Gasteiger partial charge in [-0.2, -0.15) is 0 Å². The Balaban J connectivity index is 0.000000174. The highest BCUT2D eigenvalue weighted by Crippen LogP contribution is 2.65. The summed E-state index contributed by atoms with van der Waals surface area (Å²) >= 11 is 0. The molecule has 0 aromatic heterocycles. The van der Waals surface area contributed by atoms with Crippen LogP contribution in [0.15, 0.2) is 199 Å². The molecule has 4 saturated carbocycles. The lowest BCUT2D eigenvalue weighted by molar-refractivity contribution is -0.128. The predicted octanol–water partition coefficient (Wildman–Crippen LogP) is 11.5. The molecule has 10 rings (SSSR count). The normalized spacial score (nSPS) is 23.0. The van der Waals surface area contributed by atoms with E-state index in [2.05, 4.69) is 170 Å². The minimum atomic E-state index is -4.33. The number of hydrogen-bond donors (Lipinski definition) is 0. The predicted molar refractivity (Wildman–Crippen MR) is 269 cm³/mol. The second-order valence-electron chi connectivity index (χ2n) is 19.6. The largest absolute Gasteiger partial charge is 0.748 e. The van der Waals surface area contributed by atoms with Crippen LogP contribution >= 0.6 is 0 Å². The van der Waals surface area contributed by atoms with E-state index >= 15 is 0 Å². The molecule has 0 aliphatic heterocycles. The minimum absolute atomic E-state index is 0.0248. The number of benzene rings is 6. The van der Waals surface area contributed by atoms with Crippen LogP contribution in [0.2, 0.25) is 0 Å². The van der Waals surface area contributed by atoms with Gasteiger partial charge in [-0.1, -0.05) is 100 Å². The highest BCUT2D eigenvalue weighted by atomic mass is 32.2. The van der Waals surface area contributed by atoms with Crippen LogP contribution in [0.5, 0.6) is 11.5 Å². The van der Waals surface area contributed by atoms with Crippen molar-refractivity contribution in [3.63, 3.8) is 0 Å². The minimum Gasteiger partial charge on any atom is -0.748 e. The lowest BCUT2D eigenvalue weighted by atomic mass is 9.70. The van der Waals surface area contributed by atoms with Crippen LogP contribution in [0, 0.1) is 33.5 Å². The van der Waals surface area contributed by atoms with E-state index in [4.69, 9.17) is 4.74 Å². The van der Waals surface area contributed by atoms with Gasteiger partial charge in [0.05, 0.1) is 53.5 Å². The summed E-state index contributed by atoms with van der Waals surface area (Å²) < 4.78 is 71.6. The van der Waals surface area contributed by atoms with Crippen molar-refractivity contribution in [1.82, 2.24) is 0 Å². The lowest BCUT2D eigenvalue weighted by Gasteiger charge is -2.37. The third-order valence-electron chi connectivity index (χ3n) is 15.4. The molecule has 360 valence electrons. The van der Waals surface area contributed by atoms with Crippen LogP contribution in [0.3, 0.4) is 0 Å². The van der Waals surface area contributed by atoms with Gasteiger partial charge in [-0.25, -0.2) is 16.8 Å². The van der Waals surface area contributed by atoms with Gasteiger partial charge in [0.2, 0.25) is 0 Å². The van der Waals surface area contributed by atoms with Crippen LogP contribution in [-0.2, 0) is 51.6 Å². The molecule has 13 heteroatoms. The maximum absolute atomic E-state index is 11.8. The Kier molecular flexibility index (Phi) is 14.6. The Hall–Kier alpha value is -5.02. The molecule has 4 aliphatic rings. The number of rotatable bonds is 12. The highest BCUT2D eigenvalue weighted by Gasteiger charge is 2.65. The lowest BCUT2D eigenvalue weighted by Crippen LogP contribution is -2.42. The second-order valence-corrected chi connectivity index (χ2v) is 26.5. The van der Waals surface area contributed by atoms with Gasteiger partial charge in [0.15, 0.2) is 29.4 Å². The van der Waals surface area contributed by atoms with Gasteiger partial charge >= 0.3 is 0 Å². The molecule has 0 radical (unpaired) electrons. The first-order valence-corrected chi connectivity index (χ1v) is 28.8. The summed E-state index contributed by atoms with van der Waals surface area (Å²) in [6, 6.07) is 59.9. The van der Waals surface area contributed by atoms with Crippen molar-refractivity contribution >= 4 is 53.6 Å². The Morgan fingerprint density at radius 1 is 0.449 bits per heavy atom. The van der Waals surface area contributed by atoms with Crippen LogP contribution in [0.1, 0.15) is 66.2 Å². The van der Waals surface area contributed by atoms with Crippen LogP contribution in [0.4, 0.5) is 0 Å². The average molecular weight is 1000 g/mol. The molecule has 4 unspecified atom stereocenters. The summed E-state index contributed by atoms with van der Waals surface area (Å²) in [5.74, 6) is 1.11. The van der Waals surface area contributed by atoms with Gasteiger partial charge < -0.3 is 13.8 Å². The third-order valence-corrected chi connectivity index (χ3v) is 21.5. The molecule has 0 amide bonds. The van der Waals surface area contributed by atoms with E-state index in [-0.39, 0.29) is 56.0 Å². The van der Waals surface area contributed by atoms with Gasteiger partial charge in [-0.3, -0.25) is 9.59 Å². The summed E-state index contributed by atoms with van der Waals surface area (Å²) in [4.78, 5) is 31.5. The summed E-state index contributed by atoms with van der Waals surface area (Å²) in [7, 11) is -8.99. The van der Waals surface area contributed by atoms with Gasteiger partial charge in [0.25, 0.3) is 0 Å². The van der Waals surface area contributed by atoms with E-state index in [0.29, 0.717) is 25.7 Å². The number of fused-ring (bicyclic) bond motifs is 4. The molecule has 0 N–H and O–H groups in total. The number of ketones is 2. The van der Waals surface area contributed by atoms with Gasteiger partial charge in [-0.15, -0.1) is 0 Å². The molecule has 4 atom stereocenters. The van der Waals surface area contributed by atoms with E-state index in [9.17, 15) is 35.5 Å². The molecule has 6 aromatic carbocycles. The Morgan fingerprint density at radius 3 is 0.928 bits per heavy atom. The van der Waals surface area contributed by atoms with Crippen molar-refractivity contribution in [2.24, 2.45) is 33.5 Å². The van der Waals surface area contributed by atoms with E-state index < -0.39 is 42.6 Å². The van der Waals surface area contributed by atoms with E-state index in [0.717, 1.165) is 24.3 Å². The van der Waals surface area contributed by atoms with Crippen LogP contribution in [0.25, 0.3) is 0 Å². The molecular weight excluding hydrogens is 945 g/mol.